The van der Waals surface area contributed by atoms with Gasteiger partial charge in [0.2, 0.25) is 9.84 Å². The molecule has 1 unspecified atom stereocenters. The Bertz CT molecular complexity index is 1200. The molecule has 0 spiro atoms. The number of carbonyl (C=O) groups is 2. The molecule has 0 radical (unpaired) electrons. The van der Waals surface area contributed by atoms with Crippen LogP contribution in [0.2, 0.25) is 0 Å². The summed E-state index contributed by atoms with van der Waals surface area (Å²) in [5.41, 5.74) is 9.34. The minimum atomic E-state index is -4.19. The molecule has 0 aliphatic carbocycles. The summed E-state index contributed by atoms with van der Waals surface area (Å²) in [4.78, 5) is 26.7. The van der Waals surface area contributed by atoms with Crippen molar-refractivity contribution in [3.05, 3.63) is 107 Å². The van der Waals surface area contributed by atoms with E-state index in [1.54, 1.807) is 60.7 Å². The van der Waals surface area contributed by atoms with Crippen LogP contribution in [0.4, 0.5) is 0 Å². The average Bonchev–Trinajstić information content (AvgIpc) is 2.84. The van der Waals surface area contributed by atoms with E-state index >= 15 is 0 Å². The Morgan fingerprint density at radius 2 is 1.79 bits per heavy atom. The highest BCUT2D eigenvalue weighted by Crippen LogP contribution is 2.35. The second-order valence-corrected chi connectivity index (χ2v) is 9.39. The number of nitrogens with one attached hydrogen (secondary N) is 1. The van der Waals surface area contributed by atoms with Gasteiger partial charge in [0, 0.05) is 24.7 Å². The number of carbonyl (C=O) groups excluding carboxylic acids is 2. The Hall–Kier alpha value is -3.53. The van der Waals surface area contributed by atoms with Gasteiger partial charge in [-0.2, -0.15) is 0 Å². The van der Waals surface area contributed by atoms with Crippen molar-refractivity contribution in [2.45, 2.75) is 18.2 Å². The summed E-state index contributed by atoms with van der Waals surface area (Å²) in [6.07, 6.45) is 4.45. The number of hydrogen-bond acceptors (Lipinski definition) is 7. The normalized spacial score (nSPS) is 14.7. The first kappa shape index (κ1) is 24.1. The summed E-state index contributed by atoms with van der Waals surface area (Å²) in [7, 11) is -4.19. The number of Topliss-reactive ketones (excluding diaryl/α,β-unsaturated/α-hetero) is 1. The fourth-order valence-electron chi connectivity index (χ4n) is 3.64. The van der Waals surface area contributed by atoms with Gasteiger partial charge >= 0.3 is 0 Å². The molecule has 1 aliphatic rings. The lowest BCUT2D eigenvalue weighted by Gasteiger charge is -2.30. The number of amides is 1. The van der Waals surface area contributed by atoms with E-state index in [1.807, 2.05) is 5.43 Å². The third-order valence-corrected chi connectivity index (χ3v) is 7.46. The second kappa shape index (κ2) is 10.4. The summed E-state index contributed by atoms with van der Waals surface area (Å²) in [5.74, 6) is 4.29. The molecule has 1 atom stereocenters. The SMILES string of the molecule is C=CC(c1ccc(CN)cc1)S(=O)(=O)C1=C(C(=O)NN)CC=CN1CC(=O)c1ccccc1. The summed E-state index contributed by atoms with van der Waals surface area (Å²) >= 11 is 0. The molecule has 3 rings (SSSR count). The molecule has 5 N–H and O–H groups in total. The molecule has 172 valence electrons. The molecule has 33 heavy (non-hydrogen) atoms. The maximum Gasteiger partial charge on any atom is 0.264 e. The van der Waals surface area contributed by atoms with E-state index in [0.717, 1.165) is 5.56 Å². The molecular weight excluding hydrogens is 440 g/mol. The molecule has 2 aromatic rings. The third-order valence-electron chi connectivity index (χ3n) is 5.30. The largest absolute Gasteiger partial charge is 0.331 e. The van der Waals surface area contributed by atoms with Crippen molar-refractivity contribution in [1.29, 1.82) is 0 Å². The Morgan fingerprint density at radius 1 is 1.12 bits per heavy atom. The van der Waals surface area contributed by atoms with Gasteiger partial charge in [-0.1, -0.05) is 66.7 Å². The maximum absolute atomic E-state index is 13.9. The topological polar surface area (TPSA) is 136 Å². The highest BCUT2D eigenvalue weighted by atomic mass is 32.2. The lowest BCUT2D eigenvalue weighted by Crippen LogP contribution is -2.38. The summed E-state index contributed by atoms with van der Waals surface area (Å²) in [6, 6.07) is 15.3. The Morgan fingerprint density at radius 3 is 2.36 bits per heavy atom. The molecular formula is C24H26N4O4S. The van der Waals surface area contributed by atoms with E-state index in [1.165, 1.54) is 17.2 Å². The molecule has 1 heterocycles. The van der Waals surface area contributed by atoms with E-state index in [-0.39, 0.29) is 29.4 Å². The first-order valence-corrected chi connectivity index (χ1v) is 11.8. The van der Waals surface area contributed by atoms with Crippen LogP contribution >= 0.6 is 0 Å². The van der Waals surface area contributed by atoms with Gasteiger partial charge in [0.05, 0.1) is 12.1 Å². The van der Waals surface area contributed by atoms with Crippen molar-refractivity contribution in [3.63, 3.8) is 0 Å². The first-order chi connectivity index (χ1) is 15.8. The zero-order chi connectivity index (χ0) is 24.0. The number of nitrogens with zero attached hydrogens (tertiary/aromatic N) is 1. The smallest absolute Gasteiger partial charge is 0.264 e. The van der Waals surface area contributed by atoms with E-state index in [2.05, 4.69) is 6.58 Å². The van der Waals surface area contributed by atoms with E-state index < -0.39 is 21.0 Å². The molecule has 8 nitrogen and oxygen atoms in total. The van der Waals surface area contributed by atoms with Crippen molar-refractivity contribution in [2.24, 2.45) is 11.6 Å². The van der Waals surface area contributed by atoms with Crippen LogP contribution in [0, 0.1) is 0 Å². The van der Waals surface area contributed by atoms with Gasteiger partial charge in [-0.3, -0.25) is 15.0 Å². The molecule has 0 aromatic heterocycles. The monoisotopic (exact) mass is 466 g/mol. The van der Waals surface area contributed by atoms with Crippen LogP contribution in [0.1, 0.15) is 33.2 Å². The average molecular weight is 467 g/mol. The van der Waals surface area contributed by atoms with E-state index in [4.69, 9.17) is 11.6 Å². The number of rotatable bonds is 9. The second-order valence-electron chi connectivity index (χ2n) is 7.41. The van der Waals surface area contributed by atoms with Crippen molar-refractivity contribution < 1.29 is 18.0 Å². The summed E-state index contributed by atoms with van der Waals surface area (Å²) < 4.78 is 27.7. The van der Waals surface area contributed by atoms with Crippen LogP contribution in [-0.2, 0) is 21.2 Å². The molecule has 0 saturated heterocycles. The molecule has 0 bridgehead atoms. The third kappa shape index (κ3) is 5.11. The molecule has 0 saturated carbocycles. The van der Waals surface area contributed by atoms with Gasteiger partial charge in [-0.05, 0) is 11.1 Å². The summed E-state index contributed by atoms with van der Waals surface area (Å²) in [5, 5.41) is -1.43. The highest BCUT2D eigenvalue weighted by Gasteiger charge is 2.37. The van der Waals surface area contributed by atoms with Gasteiger partial charge in [0.15, 0.2) is 5.78 Å². The lowest BCUT2D eigenvalue weighted by molar-refractivity contribution is -0.117. The highest BCUT2D eigenvalue weighted by molar-refractivity contribution is 7.95. The van der Waals surface area contributed by atoms with Crippen LogP contribution in [0.15, 0.2) is 90.1 Å². The van der Waals surface area contributed by atoms with Crippen molar-refractivity contribution >= 4 is 21.5 Å². The Kier molecular flexibility index (Phi) is 7.59. The molecule has 9 heteroatoms. The minimum absolute atomic E-state index is 0.0452. The predicted octanol–water partition coefficient (Wildman–Crippen LogP) is 2.09. The number of ketones is 1. The first-order valence-electron chi connectivity index (χ1n) is 10.2. The Balaban J connectivity index is 2.08. The van der Waals surface area contributed by atoms with Crippen LogP contribution in [0.25, 0.3) is 0 Å². The standard InChI is InChI=1S/C24H26N4O4S/c1-2-22(19-12-10-17(15-25)11-13-19)33(31,32)24-20(23(30)27-26)9-6-14-28(24)16-21(29)18-7-4-3-5-8-18/h2-8,10-14,22H,1,9,15-16,25-26H2,(H,27,30). The van der Waals surface area contributed by atoms with Crippen LogP contribution < -0.4 is 17.0 Å². The molecule has 1 amide bonds. The fourth-order valence-corrected chi connectivity index (χ4v) is 5.62. The maximum atomic E-state index is 13.9. The number of nitrogens with two attached hydrogens (primary N) is 2. The fraction of sp³-hybridized carbons (Fsp3) is 0.167. The quantitative estimate of drug-likeness (QED) is 0.169. The molecule has 0 fully saturated rings. The van der Waals surface area contributed by atoms with Crippen molar-refractivity contribution in [2.75, 3.05) is 6.54 Å². The zero-order valence-electron chi connectivity index (χ0n) is 18.0. The lowest BCUT2D eigenvalue weighted by atomic mass is 10.1. The predicted molar refractivity (Wildman–Crippen MR) is 127 cm³/mol. The molecule has 1 aliphatic heterocycles. The summed E-state index contributed by atoms with van der Waals surface area (Å²) in [6.45, 7) is 3.76. The minimum Gasteiger partial charge on any atom is -0.331 e. The number of hydrogen-bond donors (Lipinski definition) is 3. The van der Waals surface area contributed by atoms with Gasteiger partial charge in [0.25, 0.3) is 5.91 Å². The van der Waals surface area contributed by atoms with E-state index in [0.29, 0.717) is 17.7 Å². The van der Waals surface area contributed by atoms with Gasteiger partial charge in [-0.15, -0.1) is 6.58 Å². The number of benzene rings is 2. The van der Waals surface area contributed by atoms with Gasteiger partial charge in [0.1, 0.15) is 10.3 Å². The van der Waals surface area contributed by atoms with Crippen molar-refractivity contribution in [3.8, 4) is 0 Å². The number of hydrazine groups is 1. The number of sulfone groups is 1. The van der Waals surface area contributed by atoms with Crippen molar-refractivity contribution in [1.82, 2.24) is 10.3 Å². The molecule has 2 aromatic carbocycles. The zero-order valence-corrected chi connectivity index (χ0v) is 18.8. The van der Waals surface area contributed by atoms with Crippen LogP contribution in [-0.4, -0.2) is 31.6 Å². The van der Waals surface area contributed by atoms with E-state index in [9.17, 15) is 18.0 Å². The van der Waals surface area contributed by atoms with Gasteiger partial charge in [-0.25, -0.2) is 14.3 Å². The Labute approximate surface area is 193 Å². The van der Waals surface area contributed by atoms with Crippen LogP contribution in [0.3, 0.4) is 0 Å². The van der Waals surface area contributed by atoms with Crippen LogP contribution in [0.5, 0.6) is 0 Å². The van der Waals surface area contributed by atoms with Gasteiger partial charge < -0.3 is 10.6 Å². The number of allylic oxidation sites excluding steroid dienone is 1.